The van der Waals surface area contributed by atoms with Crippen LogP contribution in [0.25, 0.3) is 0 Å². The number of ether oxygens (including phenoxy) is 1. The topological polar surface area (TPSA) is 72.5 Å². The number of benzene rings is 2. The van der Waals surface area contributed by atoms with Gasteiger partial charge in [0.1, 0.15) is 6.04 Å². The van der Waals surface area contributed by atoms with Crippen LogP contribution in [0.5, 0.6) is 0 Å². The zero-order chi connectivity index (χ0) is 21.1. The van der Waals surface area contributed by atoms with Gasteiger partial charge in [0, 0.05) is 0 Å². The fourth-order valence-electron chi connectivity index (χ4n) is 2.36. The fourth-order valence-corrected chi connectivity index (χ4v) is 3.94. The molecule has 2 aromatic carbocycles. The first-order chi connectivity index (χ1) is 13.0. The summed E-state index contributed by atoms with van der Waals surface area (Å²) in [6.07, 6.45) is -4.53. The monoisotopic (exact) mass is 435 g/mol. The maximum atomic E-state index is 12.7. The van der Waals surface area contributed by atoms with Crippen molar-refractivity contribution in [2.24, 2.45) is 0 Å². The highest BCUT2D eigenvalue weighted by atomic mass is 35.5. The second-order valence-corrected chi connectivity index (χ2v) is 8.14. The van der Waals surface area contributed by atoms with Gasteiger partial charge in [-0.05, 0) is 36.8 Å². The van der Waals surface area contributed by atoms with E-state index in [2.05, 4.69) is 9.46 Å². The SMILES string of the molecule is COC(=O)[C@H](NS(=O)(=O)c1ccc(C)cc1)[C@H](Cl)c1ccc(C(F)(F)F)cc1. The standard InChI is InChI=1S/C18H17ClF3NO4S/c1-11-3-9-14(10-4-11)28(25,26)23-16(17(24)27-2)15(19)12-5-7-13(8-6-12)18(20,21)22/h3-10,15-16,23H,1-2H3/t15-,16-/m1/s1. The minimum Gasteiger partial charge on any atom is -0.468 e. The molecule has 0 bridgehead atoms. The molecular formula is C18H17ClF3NO4S. The van der Waals surface area contributed by atoms with Gasteiger partial charge < -0.3 is 4.74 Å². The number of hydrogen-bond acceptors (Lipinski definition) is 4. The van der Waals surface area contributed by atoms with Crippen LogP contribution in [0, 0.1) is 6.92 Å². The third-order valence-corrected chi connectivity index (χ3v) is 5.88. The van der Waals surface area contributed by atoms with E-state index in [9.17, 15) is 26.4 Å². The molecule has 152 valence electrons. The maximum Gasteiger partial charge on any atom is 0.416 e. The molecule has 5 nitrogen and oxygen atoms in total. The quantitative estimate of drug-likeness (QED) is 0.553. The lowest BCUT2D eigenvalue weighted by atomic mass is 10.0. The Labute approximate surface area is 165 Å². The summed E-state index contributed by atoms with van der Waals surface area (Å²) in [6.45, 7) is 1.78. The molecule has 28 heavy (non-hydrogen) atoms. The average molecular weight is 436 g/mol. The third-order valence-electron chi connectivity index (χ3n) is 3.92. The summed E-state index contributed by atoms with van der Waals surface area (Å²) in [5.41, 5.74) is 0.0649. The second kappa shape index (κ2) is 8.50. The molecule has 2 atom stereocenters. The summed E-state index contributed by atoms with van der Waals surface area (Å²) in [7, 11) is -3.08. The summed E-state index contributed by atoms with van der Waals surface area (Å²) >= 11 is 6.22. The third kappa shape index (κ3) is 5.24. The first-order valence-corrected chi connectivity index (χ1v) is 9.85. The first-order valence-electron chi connectivity index (χ1n) is 7.94. The van der Waals surface area contributed by atoms with Gasteiger partial charge in [-0.15, -0.1) is 11.6 Å². The molecule has 2 aromatic rings. The predicted molar refractivity (Wildman–Crippen MR) is 97.3 cm³/mol. The zero-order valence-corrected chi connectivity index (χ0v) is 16.4. The molecule has 0 aromatic heterocycles. The zero-order valence-electron chi connectivity index (χ0n) is 14.8. The minimum atomic E-state index is -4.53. The second-order valence-electron chi connectivity index (χ2n) is 5.96. The largest absolute Gasteiger partial charge is 0.468 e. The Morgan fingerprint density at radius 2 is 1.61 bits per heavy atom. The number of carbonyl (C=O) groups excluding carboxylic acids is 1. The number of alkyl halides is 4. The van der Waals surface area contributed by atoms with Gasteiger partial charge in [0.2, 0.25) is 10.0 Å². The Kier molecular flexibility index (Phi) is 6.74. The van der Waals surface area contributed by atoms with Gasteiger partial charge in [-0.25, -0.2) is 8.42 Å². The number of rotatable bonds is 6. The Morgan fingerprint density at radius 1 is 1.07 bits per heavy atom. The van der Waals surface area contributed by atoms with Crippen molar-refractivity contribution < 1.29 is 31.1 Å². The van der Waals surface area contributed by atoms with Crippen LogP contribution in [0.4, 0.5) is 13.2 Å². The number of carbonyl (C=O) groups is 1. The average Bonchev–Trinajstić information content (AvgIpc) is 2.64. The van der Waals surface area contributed by atoms with Gasteiger partial charge in [0.15, 0.2) is 0 Å². The van der Waals surface area contributed by atoms with E-state index in [-0.39, 0.29) is 10.5 Å². The predicted octanol–water partition coefficient (Wildman–Crippen LogP) is 3.81. The molecule has 0 heterocycles. The molecule has 0 saturated heterocycles. The number of hydrogen-bond donors (Lipinski definition) is 1. The molecule has 2 rings (SSSR count). The van der Waals surface area contributed by atoms with Gasteiger partial charge in [0.05, 0.1) is 22.9 Å². The van der Waals surface area contributed by atoms with Gasteiger partial charge in [-0.3, -0.25) is 4.79 Å². The molecule has 0 aliphatic heterocycles. The molecule has 0 radical (unpaired) electrons. The summed E-state index contributed by atoms with van der Waals surface area (Å²) in [4.78, 5) is 12.0. The molecule has 0 aliphatic carbocycles. The van der Waals surface area contributed by atoms with Crippen LogP contribution in [-0.4, -0.2) is 27.5 Å². The molecule has 0 amide bonds. The Balaban J connectivity index is 2.32. The Morgan fingerprint density at radius 3 is 2.07 bits per heavy atom. The van der Waals surface area contributed by atoms with E-state index in [0.717, 1.165) is 36.9 Å². The van der Waals surface area contributed by atoms with Gasteiger partial charge in [-0.2, -0.15) is 17.9 Å². The van der Waals surface area contributed by atoms with E-state index in [1.165, 1.54) is 12.1 Å². The molecule has 0 unspecified atom stereocenters. The van der Waals surface area contributed by atoms with Crippen LogP contribution in [0.15, 0.2) is 53.4 Å². The Bertz CT molecular complexity index is 929. The van der Waals surface area contributed by atoms with E-state index < -0.39 is 39.2 Å². The lowest BCUT2D eigenvalue weighted by Gasteiger charge is -2.22. The lowest BCUT2D eigenvalue weighted by molar-refractivity contribution is -0.142. The van der Waals surface area contributed by atoms with Crippen molar-refractivity contribution >= 4 is 27.6 Å². The van der Waals surface area contributed by atoms with Crippen LogP contribution >= 0.6 is 11.6 Å². The first kappa shape index (κ1) is 22.2. The number of sulfonamides is 1. The molecule has 10 heteroatoms. The van der Waals surface area contributed by atoms with Gasteiger partial charge in [-0.1, -0.05) is 29.8 Å². The van der Waals surface area contributed by atoms with Crippen LogP contribution in [-0.2, 0) is 25.7 Å². The van der Waals surface area contributed by atoms with Gasteiger partial charge >= 0.3 is 12.1 Å². The normalized spacial score (nSPS) is 14.4. The summed E-state index contributed by atoms with van der Waals surface area (Å²) < 4.78 is 70.0. The fraction of sp³-hybridized carbons (Fsp3) is 0.278. The summed E-state index contributed by atoms with van der Waals surface area (Å²) in [5, 5.41) is -1.30. The lowest BCUT2D eigenvalue weighted by Crippen LogP contribution is -2.44. The van der Waals surface area contributed by atoms with Crippen LogP contribution in [0.1, 0.15) is 22.1 Å². The molecule has 0 spiro atoms. The number of aryl methyl sites for hydroxylation is 1. The van der Waals surface area contributed by atoms with E-state index >= 15 is 0 Å². The summed E-state index contributed by atoms with van der Waals surface area (Å²) in [6, 6.07) is 8.08. The number of nitrogens with one attached hydrogen (secondary N) is 1. The smallest absolute Gasteiger partial charge is 0.416 e. The highest BCUT2D eigenvalue weighted by Gasteiger charge is 2.35. The molecular weight excluding hydrogens is 419 g/mol. The van der Waals surface area contributed by atoms with Crippen molar-refractivity contribution in [1.82, 2.24) is 4.72 Å². The number of esters is 1. The number of methoxy groups -OCH3 is 1. The maximum absolute atomic E-state index is 12.7. The molecule has 0 saturated carbocycles. The summed E-state index contributed by atoms with van der Waals surface area (Å²) in [5.74, 6) is -0.976. The van der Waals surface area contributed by atoms with Crippen molar-refractivity contribution in [2.75, 3.05) is 7.11 Å². The van der Waals surface area contributed by atoms with Crippen molar-refractivity contribution in [1.29, 1.82) is 0 Å². The van der Waals surface area contributed by atoms with Crippen LogP contribution in [0.3, 0.4) is 0 Å². The van der Waals surface area contributed by atoms with Crippen molar-refractivity contribution in [3.8, 4) is 0 Å². The van der Waals surface area contributed by atoms with Crippen molar-refractivity contribution in [3.05, 3.63) is 65.2 Å². The molecule has 0 aliphatic rings. The van der Waals surface area contributed by atoms with Gasteiger partial charge in [0.25, 0.3) is 0 Å². The van der Waals surface area contributed by atoms with Crippen molar-refractivity contribution in [3.63, 3.8) is 0 Å². The van der Waals surface area contributed by atoms with E-state index in [4.69, 9.17) is 11.6 Å². The highest BCUT2D eigenvalue weighted by molar-refractivity contribution is 7.89. The van der Waals surface area contributed by atoms with E-state index in [1.54, 1.807) is 19.1 Å². The van der Waals surface area contributed by atoms with E-state index in [1.807, 2.05) is 0 Å². The number of halogens is 4. The molecule has 0 fully saturated rings. The molecule has 1 N–H and O–H groups in total. The Hall–Kier alpha value is -2.10. The van der Waals surface area contributed by atoms with Crippen LogP contribution in [0.2, 0.25) is 0 Å². The van der Waals surface area contributed by atoms with Crippen LogP contribution < -0.4 is 4.72 Å². The van der Waals surface area contributed by atoms with Crippen molar-refractivity contribution in [2.45, 2.75) is 29.4 Å². The van der Waals surface area contributed by atoms with E-state index in [0.29, 0.717) is 0 Å². The highest BCUT2D eigenvalue weighted by Crippen LogP contribution is 2.32. The minimum absolute atomic E-state index is 0.0942.